The zero-order valence-electron chi connectivity index (χ0n) is 12.4. The number of unbranched alkanes of at least 4 members (excludes halogenated alkanes) is 1. The van der Waals surface area contributed by atoms with E-state index in [1.807, 2.05) is 0 Å². The molecule has 0 aliphatic carbocycles. The predicted octanol–water partition coefficient (Wildman–Crippen LogP) is 5.74. The first kappa shape index (κ1) is 17.7. The van der Waals surface area contributed by atoms with Gasteiger partial charge in [0.2, 0.25) is 0 Å². The van der Waals surface area contributed by atoms with Crippen molar-refractivity contribution >= 4 is 24.2 Å². The summed E-state index contributed by atoms with van der Waals surface area (Å²) in [6.45, 7) is 11.5. The molecule has 0 spiro atoms. The second-order valence-corrected chi connectivity index (χ2v) is 11.3. The largest absolute Gasteiger partial charge is 0.412 e. The second kappa shape index (κ2) is 8.71. The quantitative estimate of drug-likeness (QED) is 0.283. The fourth-order valence-electron chi connectivity index (χ4n) is 2.63. The van der Waals surface area contributed by atoms with Gasteiger partial charge in [-0.2, -0.15) is 0 Å². The maximum atomic E-state index is 6.58. The molecule has 104 valence electrons. The van der Waals surface area contributed by atoms with Crippen molar-refractivity contribution in [3.63, 3.8) is 0 Å². The Kier molecular flexibility index (Phi) is 9.04. The molecule has 0 aromatic rings. The minimum atomic E-state index is -1.44. The summed E-state index contributed by atoms with van der Waals surface area (Å²) in [6.07, 6.45) is 8.73. The molecule has 1 nitrogen and oxygen atoms in total. The van der Waals surface area contributed by atoms with Crippen LogP contribution in [0.3, 0.4) is 0 Å². The highest BCUT2D eigenvalue weighted by Crippen LogP contribution is 2.33. The van der Waals surface area contributed by atoms with Gasteiger partial charge in [0.15, 0.2) is 8.32 Å². The molecule has 0 heterocycles. The number of halogens is 1. The molecule has 0 bridgehead atoms. The summed E-state index contributed by atoms with van der Waals surface area (Å²) in [5, 5.41) is 1.12. The molecule has 0 amide bonds. The molecule has 3 heteroatoms. The van der Waals surface area contributed by atoms with Crippen LogP contribution in [0.25, 0.3) is 0 Å². The van der Waals surface area contributed by atoms with Crippen LogP contribution >= 0.6 is 15.9 Å². The minimum absolute atomic E-state index is 0.177. The Hall–Kier alpha value is 0.657. The average Bonchev–Trinajstić information content (AvgIpc) is 2.16. The van der Waals surface area contributed by atoms with Crippen molar-refractivity contribution in [2.24, 2.45) is 0 Å². The van der Waals surface area contributed by atoms with E-state index in [9.17, 15) is 0 Å². The molecule has 0 aliphatic rings. The van der Waals surface area contributed by atoms with Gasteiger partial charge in [-0.25, -0.2) is 0 Å². The van der Waals surface area contributed by atoms with E-state index in [0.29, 0.717) is 0 Å². The molecule has 0 atom stereocenters. The zero-order chi connectivity index (χ0) is 13.4. The maximum Gasteiger partial charge on any atom is 0.184 e. The Morgan fingerprint density at radius 1 is 0.941 bits per heavy atom. The SMILES string of the molecule is CCCC(CCC)(CCCCBr)O[Si](C)(C)C. The Labute approximate surface area is 118 Å². The van der Waals surface area contributed by atoms with Crippen LogP contribution in [0, 0.1) is 0 Å². The summed E-state index contributed by atoms with van der Waals surface area (Å²) < 4.78 is 6.58. The number of hydrogen-bond donors (Lipinski definition) is 0. The summed E-state index contributed by atoms with van der Waals surface area (Å²) in [4.78, 5) is 0. The van der Waals surface area contributed by atoms with Crippen molar-refractivity contribution < 1.29 is 4.43 Å². The first-order valence-electron chi connectivity index (χ1n) is 7.15. The Morgan fingerprint density at radius 2 is 1.47 bits per heavy atom. The molecule has 17 heavy (non-hydrogen) atoms. The molecule has 0 radical (unpaired) electrons. The van der Waals surface area contributed by atoms with Gasteiger partial charge in [0.25, 0.3) is 0 Å². The molecular formula is C14H31BrOSi. The molecule has 0 rings (SSSR count). The highest BCUT2D eigenvalue weighted by atomic mass is 79.9. The van der Waals surface area contributed by atoms with Gasteiger partial charge in [0, 0.05) is 5.33 Å². The van der Waals surface area contributed by atoms with Crippen LogP contribution in [0.15, 0.2) is 0 Å². The minimum Gasteiger partial charge on any atom is -0.412 e. The van der Waals surface area contributed by atoms with Crippen molar-refractivity contribution in [2.45, 2.75) is 84.0 Å². The van der Waals surface area contributed by atoms with E-state index < -0.39 is 8.32 Å². The summed E-state index contributed by atoms with van der Waals surface area (Å²) in [5.74, 6) is 0. The van der Waals surface area contributed by atoms with E-state index in [1.54, 1.807) is 0 Å². The van der Waals surface area contributed by atoms with Gasteiger partial charge in [0.05, 0.1) is 5.60 Å². The standard InChI is InChI=1S/C14H31BrOSi/c1-6-10-14(11-7-2,12-8-9-13-15)16-17(3,4)5/h6-13H2,1-5H3. The van der Waals surface area contributed by atoms with Crippen molar-refractivity contribution in [1.29, 1.82) is 0 Å². The first-order valence-corrected chi connectivity index (χ1v) is 11.7. The third-order valence-corrected chi connectivity index (χ3v) is 4.56. The van der Waals surface area contributed by atoms with E-state index >= 15 is 0 Å². The van der Waals surface area contributed by atoms with Crippen LogP contribution in [-0.4, -0.2) is 19.2 Å². The molecule has 0 N–H and O–H groups in total. The monoisotopic (exact) mass is 322 g/mol. The summed E-state index contributed by atoms with van der Waals surface area (Å²) in [5.41, 5.74) is 0.177. The summed E-state index contributed by atoms with van der Waals surface area (Å²) in [7, 11) is -1.44. The van der Waals surface area contributed by atoms with Gasteiger partial charge in [-0.3, -0.25) is 0 Å². The zero-order valence-corrected chi connectivity index (χ0v) is 15.0. The molecular weight excluding hydrogens is 292 g/mol. The first-order chi connectivity index (χ1) is 7.89. The molecule has 0 fully saturated rings. The van der Waals surface area contributed by atoms with Crippen LogP contribution in [-0.2, 0) is 4.43 Å². The van der Waals surface area contributed by atoms with Gasteiger partial charge >= 0.3 is 0 Å². The molecule has 0 aromatic carbocycles. The second-order valence-electron chi connectivity index (χ2n) is 6.04. The van der Waals surface area contributed by atoms with Crippen molar-refractivity contribution in [2.75, 3.05) is 5.33 Å². The molecule has 0 aliphatic heterocycles. The summed E-state index contributed by atoms with van der Waals surface area (Å²) >= 11 is 3.52. The average molecular weight is 323 g/mol. The molecule has 0 aromatic heterocycles. The third-order valence-electron chi connectivity index (χ3n) is 2.95. The van der Waals surface area contributed by atoms with Crippen molar-refractivity contribution in [1.82, 2.24) is 0 Å². The Bertz CT molecular complexity index is 183. The van der Waals surface area contributed by atoms with Gasteiger partial charge in [-0.1, -0.05) is 42.6 Å². The maximum absolute atomic E-state index is 6.58. The Balaban J connectivity index is 4.59. The van der Waals surface area contributed by atoms with Crippen molar-refractivity contribution in [3.05, 3.63) is 0 Å². The van der Waals surface area contributed by atoms with E-state index in [1.165, 1.54) is 44.9 Å². The summed E-state index contributed by atoms with van der Waals surface area (Å²) in [6, 6.07) is 0. The van der Waals surface area contributed by atoms with E-state index in [-0.39, 0.29) is 5.60 Å². The van der Waals surface area contributed by atoms with Crippen molar-refractivity contribution in [3.8, 4) is 0 Å². The normalized spacial score (nSPS) is 13.1. The van der Waals surface area contributed by atoms with E-state index in [0.717, 1.165) is 5.33 Å². The van der Waals surface area contributed by atoms with Crippen LogP contribution in [0.5, 0.6) is 0 Å². The van der Waals surface area contributed by atoms with Gasteiger partial charge < -0.3 is 4.43 Å². The van der Waals surface area contributed by atoms with Gasteiger partial charge in [-0.15, -0.1) is 0 Å². The lowest BCUT2D eigenvalue weighted by molar-refractivity contribution is 0.0299. The van der Waals surface area contributed by atoms with Crippen LogP contribution in [0.2, 0.25) is 19.6 Å². The number of hydrogen-bond acceptors (Lipinski definition) is 1. The fraction of sp³-hybridized carbons (Fsp3) is 1.00. The Morgan fingerprint density at radius 3 is 1.82 bits per heavy atom. The molecule has 0 saturated carbocycles. The van der Waals surface area contributed by atoms with E-state index in [2.05, 4.69) is 49.4 Å². The number of alkyl halides is 1. The van der Waals surface area contributed by atoms with Gasteiger partial charge in [-0.05, 0) is 51.7 Å². The topological polar surface area (TPSA) is 9.23 Å². The van der Waals surface area contributed by atoms with E-state index in [4.69, 9.17) is 4.43 Å². The third kappa shape index (κ3) is 8.39. The number of rotatable bonds is 10. The molecule has 0 saturated heterocycles. The lowest BCUT2D eigenvalue weighted by Crippen LogP contribution is -2.42. The highest BCUT2D eigenvalue weighted by Gasteiger charge is 2.33. The highest BCUT2D eigenvalue weighted by molar-refractivity contribution is 9.09. The van der Waals surface area contributed by atoms with Crippen LogP contribution in [0.4, 0.5) is 0 Å². The predicted molar refractivity (Wildman–Crippen MR) is 84.6 cm³/mol. The lowest BCUT2D eigenvalue weighted by Gasteiger charge is -2.40. The van der Waals surface area contributed by atoms with Crippen LogP contribution in [0.1, 0.15) is 58.8 Å². The van der Waals surface area contributed by atoms with Crippen LogP contribution < -0.4 is 0 Å². The lowest BCUT2D eigenvalue weighted by atomic mass is 9.87. The molecule has 0 unspecified atom stereocenters. The smallest absolute Gasteiger partial charge is 0.184 e. The fourth-order valence-corrected chi connectivity index (χ4v) is 4.63. The van der Waals surface area contributed by atoms with Gasteiger partial charge in [0.1, 0.15) is 0 Å².